The first-order valence-electron chi connectivity index (χ1n) is 7.65. The Bertz CT molecular complexity index is 492. The van der Waals surface area contributed by atoms with E-state index in [1.807, 2.05) is 31.2 Å². The molecule has 0 heterocycles. The van der Waals surface area contributed by atoms with Gasteiger partial charge in [0.15, 0.2) is 5.96 Å². The van der Waals surface area contributed by atoms with E-state index in [0.29, 0.717) is 25.7 Å². The Hall–Kier alpha value is -2.05. The predicted octanol–water partition coefficient (Wildman–Crippen LogP) is 1.10. The lowest BCUT2D eigenvalue weighted by molar-refractivity contribution is 0.114. The molecule has 0 unspecified atom stereocenters. The standard InChI is InChI=1S/C17H27N3O3/c1-4-8-18-17(19-9-10-22-3)20-12-15(21)13-23-16-7-5-6-14(2)11-16/h4-7,11,15,21H,1,8-10,12-13H2,2-3H3,(H2,18,19,20)/t15-/m1/s1. The largest absolute Gasteiger partial charge is 0.491 e. The van der Waals surface area contributed by atoms with Crippen molar-refractivity contribution in [3.8, 4) is 5.75 Å². The van der Waals surface area contributed by atoms with E-state index < -0.39 is 6.10 Å². The van der Waals surface area contributed by atoms with Crippen molar-refractivity contribution in [1.29, 1.82) is 0 Å². The van der Waals surface area contributed by atoms with Crippen LogP contribution in [-0.4, -0.2) is 57.1 Å². The van der Waals surface area contributed by atoms with Crippen LogP contribution < -0.4 is 15.4 Å². The van der Waals surface area contributed by atoms with Gasteiger partial charge < -0.3 is 25.2 Å². The Kier molecular flexibility index (Phi) is 9.51. The average Bonchev–Trinajstić information content (AvgIpc) is 2.55. The first-order valence-corrected chi connectivity index (χ1v) is 7.65. The van der Waals surface area contributed by atoms with Gasteiger partial charge in [-0.3, -0.25) is 4.99 Å². The number of rotatable bonds is 10. The maximum atomic E-state index is 9.99. The lowest BCUT2D eigenvalue weighted by atomic mass is 10.2. The van der Waals surface area contributed by atoms with Gasteiger partial charge in [-0.25, -0.2) is 0 Å². The summed E-state index contributed by atoms with van der Waals surface area (Å²) in [6, 6.07) is 7.72. The number of benzene rings is 1. The molecule has 0 aromatic heterocycles. The van der Waals surface area contributed by atoms with Crippen LogP contribution in [0.1, 0.15) is 5.56 Å². The summed E-state index contributed by atoms with van der Waals surface area (Å²) in [5.41, 5.74) is 1.12. The van der Waals surface area contributed by atoms with Gasteiger partial charge >= 0.3 is 0 Å². The maximum Gasteiger partial charge on any atom is 0.191 e. The van der Waals surface area contributed by atoms with Crippen molar-refractivity contribution in [2.24, 2.45) is 4.99 Å². The zero-order valence-electron chi connectivity index (χ0n) is 13.9. The third kappa shape index (κ3) is 8.85. The van der Waals surface area contributed by atoms with Gasteiger partial charge in [0.1, 0.15) is 18.5 Å². The highest BCUT2D eigenvalue weighted by Crippen LogP contribution is 2.12. The first kappa shape index (κ1) is 19.0. The van der Waals surface area contributed by atoms with E-state index in [-0.39, 0.29) is 13.2 Å². The lowest BCUT2D eigenvalue weighted by Gasteiger charge is -2.14. The number of nitrogens with zero attached hydrogens (tertiary/aromatic N) is 1. The van der Waals surface area contributed by atoms with E-state index in [2.05, 4.69) is 22.2 Å². The smallest absolute Gasteiger partial charge is 0.191 e. The SMILES string of the molecule is C=CCNC(=NC[C@@H](O)COc1cccc(C)c1)NCCOC. The van der Waals surface area contributed by atoms with Crippen molar-refractivity contribution in [3.63, 3.8) is 0 Å². The molecule has 0 aliphatic rings. The zero-order chi connectivity index (χ0) is 16.9. The maximum absolute atomic E-state index is 9.99. The number of aryl methyl sites for hydroxylation is 1. The normalized spacial score (nSPS) is 12.6. The summed E-state index contributed by atoms with van der Waals surface area (Å²) in [6.07, 6.45) is 1.06. The van der Waals surface area contributed by atoms with Gasteiger partial charge in [0.2, 0.25) is 0 Å². The molecule has 1 aromatic rings. The van der Waals surface area contributed by atoms with Gasteiger partial charge in [-0.05, 0) is 24.6 Å². The van der Waals surface area contributed by atoms with Crippen molar-refractivity contribution in [2.45, 2.75) is 13.0 Å². The number of aliphatic hydroxyl groups excluding tert-OH is 1. The Morgan fingerprint density at radius 2 is 2.26 bits per heavy atom. The number of hydrogen-bond donors (Lipinski definition) is 3. The quantitative estimate of drug-likeness (QED) is 0.260. The van der Waals surface area contributed by atoms with Gasteiger partial charge in [0.25, 0.3) is 0 Å². The highest BCUT2D eigenvalue weighted by Gasteiger charge is 2.06. The number of guanidine groups is 1. The summed E-state index contributed by atoms with van der Waals surface area (Å²) >= 11 is 0. The first-order chi connectivity index (χ1) is 11.2. The monoisotopic (exact) mass is 321 g/mol. The van der Waals surface area contributed by atoms with E-state index in [4.69, 9.17) is 9.47 Å². The summed E-state index contributed by atoms with van der Waals surface area (Å²) in [5, 5.41) is 16.2. The fraction of sp³-hybridized carbons (Fsp3) is 0.471. The van der Waals surface area contributed by atoms with Gasteiger partial charge in [0.05, 0.1) is 13.2 Å². The van der Waals surface area contributed by atoms with Crippen molar-refractivity contribution >= 4 is 5.96 Å². The highest BCUT2D eigenvalue weighted by atomic mass is 16.5. The molecule has 0 fully saturated rings. The Balaban J connectivity index is 2.41. The minimum Gasteiger partial charge on any atom is -0.491 e. The van der Waals surface area contributed by atoms with E-state index in [0.717, 1.165) is 11.3 Å². The molecule has 1 rings (SSSR count). The second kappa shape index (κ2) is 11.5. The molecule has 0 bridgehead atoms. The number of methoxy groups -OCH3 is 1. The van der Waals surface area contributed by atoms with E-state index in [1.54, 1.807) is 13.2 Å². The third-order valence-corrected chi connectivity index (χ3v) is 2.90. The molecule has 0 radical (unpaired) electrons. The van der Waals surface area contributed by atoms with Crippen LogP contribution in [0.25, 0.3) is 0 Å². The van der Waals surface area contributed by atoms with Crippen LogP contribution in [0.3, 0.4) is 0 Å². The number of nitrogens with one attached hydrogen (secondary N) is 2. The molecular weight excluding hydrogens is 294 g/mol. The molecule has 0 aliphatic heterocycles. The molecule has 0 spiro atoms. The molecule has 128 valence electrons. The fourth-order valence-corrected chi connectivity index (χ4v) is 1.76. The zero-order valence-corrected chi connectivity index (χ0v) is 13.9. The molecule has 6 heteroatoms. The van der Waals surface area contributed by atoms with Crippen LogP contribution in [0.2, 0.25) is 0 Å². The second-order valence-electron chi connectivity index (χ2n) is 5.06. The van der Waals surface area contributed by atoms with Crippen LogP contribution in [-0.2, 0) is 4.74 Å². The number of ether oxygens (including phenoxy) is 2. The Labute approximate surface area is 138 Å². The van der Waals surface area contributed by atoms with Crippen LogP contribution in [0, 0.1) is 6.92 Å². The summed E-state index contributed by atoms with van der Waals surface area (Å²) in [4.78, 5) is 4.32. The summed E-state index contributed by atoms with van der Waals surface area (Å²) < 4.78 is 10.5. The van der Waals surface area contributed by atoms with Crippen LogP contribution in [0.5, 0.6) is 5.75 Å². The van der Waals surface area contributed by atoms with Crippen LogP contribution in [0.4, 0.5) is 0 Å². The van der Waals surface area contributed by atoms with Crippen LogP contribution in [0.15, 0.2) is 41.9 Å². The molecule has 1 aromatic carbocycles. The summed E-state index contributed by atoms with van der Waals surface area (Å²) in [6.45, 7) is 7.89. The van der Waals surface area contributed by atoms with Crippen LogP contribution >= 0.6 is 0 Å². The molecule has 23 heavy (non-hydrogen) atoms. The second-order valence-corrected chi connectivity index (χ2v) is 5.06. The summed E-state index contributed by atoms with van der Waals surface area (Å²) in [5.74, 6) is 1.35. The van der Waals surface area contributed by atoms with Crippen molar-refractivity contribution in [1.82, 2.24) is 10.6 Å². The fourth-order valence-electron chi connectivity index (χ4n) is 1.76. The molecule has 3 N–H and O–H groups in total. The van der Waals surface area contributed by atoms with Crippen molar-refractivity contribution in [3.05, 3.63) is 42.5 Å². The highest BCUT2D eigenvalue weighted by molar-refractivity contribution is 5.79. The Morgan fingerprint density at radius 3 is 2.96 bits per heavy atom. The molecular formula is C17H27N3O3. The van der Waals surface area contributed by atoms with Crippen molar-refractivity contribution < 1.29 is 14.6 Å². The average molecular weight is 321 g/mol. The number of aliphatic imine (C=N–C) groups is 1. The van der Waals surface area contributed by atoms with E-state index >= 15 is 0 Å². The van der Waals surface area contributed by atoms with E-state index in [1.165, 1.54) is 0 Å². The van der Waals surface area contributed by atoms with Gasteiger partial charge in [-0.1, -0.05) is 18.2 Å². The lowest BCUT2D eigenvalue weighted by Crippen LogP contribution is -2.40. The molecule has 0 aliphatic carbocycles. The van der Waals surface area contributed by atoms with Gasteiger partial charge in [-0.15, -0.1) is 6.58 Å². The third-order valence-electron chi connectivity index (χ3n) is 2.90. The van der Waals surface area contributed by atoms with Gasteiger partial charge in [0, 0.05) is 20.2 Å². The molecule has 1 atom stereocenters. The minimum absolute atomic E-state index is 0.194. The van der Waals surface area contributed by atoms with E-state index in [9.17, 15) is 5.11 Å². The molecule has 0 saturated carbocycles. The summed E-state index contributed by atoms with van der Waals surface area (Å²) in [7, 11) is 1.64. The molecule has 0 amide bonds. The topological polar surface area (TPSA) is 75.1 Å². The Morgan fingerprint density at radius 1 is 1.43 bits per heavy atom. The number of aliphatic hydroxyl groups is 1. The predicted molar refractivity (Wildman–Crippen MR) is 93.1 cm³/mol. The minimum atomic E-state index is -0.680. The van der Waals surface area contributed by atoms with Crippen molar-refractivity contribution in [2.75, 3.05) is 40.0 Å². The number of hydrogen-bond acceptors (Lipinski definition) is 4. The molecule has 0 saturated heterocycles. The molecule has 6 nitrogen and oxygen atoms in total. The van der Waals surface area contributed by atoms with Gasteiger partial charge in [-0.2, -0.15) is 0 Å².